The normalized spacial score (nSPS) is 28.8. The van der Waals surface area contributed by atoms with Crippen LogP contribution in [0.5, 0.6) is 0 Å². The second-order valence-corrected chi connectivity index (χ2v) is 13.2. The lowest BCUT2D eigenvalue weighted by Crippen LogP contribution is -2.54. The molecular weight excluding hydrogens is 582 g/mol. The van der Waals surface area contributed by atoms with Crippen molar-refractivity contribution in [1.82, 2.24) is 4.90 Å². The SMILES string of the molecule is O=C1C2N([C@H](CO)c3ccccc3)C(=O)[C@@H]3[C@H]4C(=O)N(c5ccccc5)CC=C[C@H]4S[C@]23C=CCN1c1ccc(Cl)cc1. The van der Waals surface area contributed by atoms with Gasteiger partial charge in [-0.15, -0.1) is 11.8 Å². The van der Waals surface area contributed by atoms with Crippen LogP contribution in [0.2, 0.25) is 5.02 Å². The van der Waals surface area contributed by atoms with Crippen molar-refractivity contribution >= 4 is 52.5 Å². The number of carbonyl (C=O) groups excluding carboxylic acids is 3. The van der Waals surface area contributed by atoms with E-state index in [1.165, 1.54) is 11.8 Å². The number of hydrogen-bond donors (Lipinski definition) is 1. The molecule has 7 nitrogen and oxygen atoms in total. The summed E-state index contributed by atoms with van der Waals surface area (Å²) < 4.78 is -1.01. The number of amides is 3. The van der Waals surface area contributed by atoms with Gasteiger partial charge in [0.25, 0.3) is 5.91 Å². The van der Waals surface area contributed by atoms with Gasteiger partial charge in [0.2, 0.25) is 11.8 Å². The standard InChI is InChI=1S/C34H30ClN3O4S/c35-23-14-16-25(17-15-23)37-20-8-18-34-29(28-27(43-34)13-7-19-36(31(28)40)24-11-5-2-6-12-24)32(41)38(30(34)33(37)42)26(21-39)22-9-3-1-4-10-22/h1-18,26-30,39H,19-21H2/t26-,27-,28+,29+,30?,34+/m1/s1. The van der Waals surface area contributed by atoms with E-state index >= 15 is 0 Å². The third-order valence-electron chi connectivity index (χ3n) is 9.00. The van der Waals surface area contributed by atoms with Gasteiger partial charge in [-0.25, -0.2) is 0 Å². The lowest BCUT2D eigenvalue weighted by atomic mass is 9.78. The van der Waals surface area contributed by atoms with Crippen LogP contribution < -0.4 is 9.80 Å². The van der Waals surface area contributed by atoms with Crippen LogP contribution in [-0.4, -0.2) is 63.5 Å². The molecule has 9 heteroatoms. The number of hydrogen-bond acceptors (Lipinski definition) is 5. The molecule has 43 heavy (non-hydrogen) atoms. The van der Waals surface area contributed by atoms with E-state index in [-0.39, 0.29) is 29.6 Å². The number of likely N-dealkylation sites (tertiary alicyclic amines) is 1. The zero-order chi connectivity index (χ0) is 29.7. The summed E-state index contributed by atoms with van der Waals surface area (Å²) >= 11 is 7.68. The van der Waals surface area contributed by atoms with E-state index in [9.17, 15) is 19.5 Å². The molecule has 0 aliphatic carbocycles. The van der Waals surface area contributed by atoms with Gasteiger partial charge in [-0.2, -0.15) is 0 Å². The summed E-state index contributed by atoms with van der Waals surface area (Å²) in [7, 11) is 0. The van der Waals surface area contributed by atoms with Gasteiger partial charge in [-0.3, -0.25) is 14.4 Å². The van der Waals surface area contributed by atoms with Gasteiger partial charge in [0, 0.05) is 34.7 Å². The first-order chi connectivity index (χ1) is 20.9. The Hall–Kier alpha value is -3.85. The van der Waals surface area contributed by atoms with Crippen LogP contribution in [0.15, 0.2) is 109 Å². The average molecular weight is 612 g/mol. The Kier molecular flexibility index (Phi) is 7.16. The van der Waals surface area contributed by atoms with Crippen molar-refractivity contribution in [3.05, 3.63) is 120 Å². The molecule has 0 bridgehead atoms. The molecule has 1 N–H and O–H groups in total. The first kappa shape index (κ1) is 28.0. The number of thioether (sulfide) groups is 1. The summed E-state index contributed by atoms with van der Waals surface area (Å²) in [5.41, 5.74) is 2.16. The van der Waals surface area contributed by atoms with Crippen LogP contribution in [0, 0.1) is 11.8 Å². The Morgan fingerprint density at radius 2 is 1.44 bits per heavy atom. The van der Waals surface area contributed by atoms with Gasteiger partial charge in [-0.05, 0) is 42.0 Å². The summed E-state index contributed by atoms with van der Waals surface area (Å²) in [6, 6.07) is 24.1. The number of anilines is 2. The van der Waals surface area contributed by atoms with Crippen molar-refractivity contribution in [3.63, 3.8) is 0 Å². The minimum absolute atomic E-state index is 0.135. The number of aliphatic hydroxyl groups excluding tert-OH is 1. The van der Waals surface area contributed by atoms with Crippen molar-refractivity contribution in [2.24, 2.45) is 11.8 Å². The molecule has 0 saturated carbocycles. The monoisotopic (exact) mass is 611 g/mol. The molecule has 4 aliphatic rings. The van der Waals surface area contributed by atoms with Crippen LogP contribution in [0.25, 0.3) is 0 Å². The molecular formula is C34H30ClN3O4S. The van der Waals surface area contributed by atoms with E-state index in [0.29, 0.717) is 23.8 Å². The molecule has 218 valence electrons. The largest absolute Gasteiger partial charge is 0.394 e. The Balaban J connectivity index is 1.37. The van der Waals surface area contributed by atoms with Gasteiger partial charge in [-0.1, -0.05) is 84.4 Å². The van der Waals surface area contributed by atoms with Crippen LogP contribution in [0.3, 0.4) is 0 Å². The Bertz CT molecular complexity index is 1620. The molecule has 4 heterocycles. The van der Waals surface area contributed by atoms with Crippen LogP contribution in [-0.2, 0) is 14.4 Å². The van der Waals surface area contributed by atoms with E-state index in [1.54, 1.807) is 39.0 Å². The average Bonchev–Trinajstić information content (AvgIpc) is 3.34. The van der Waals surface area contributed by atoms with Crippen LogP contribution in [0.1, 0.15) is 11.6 Å². The van der Waals surface area contributed by atoms with Gasteiger partial charge in [0.15, 0.2) is 0 Å². The highest BCUT2D eigenvalue weighted by molar-refractivity contribution is 8.02. The van der Waals surface area contributed by atoms with E-state index in [0.717, 1.165) is 11.3 Å². The second-order valence-electron chi connectivity index (χ2n) is 11.2. The molecule has 0 aromatic heterocycles. The maximum Gasteiger partial charge on any atom is 0.251 e. The Labute approximate surface area is 259 Å². The molecule has 1 unspecified atom stereocenters. The fraction of sp³-hybridized carbons (Fsp3) is 0.265. The minimum atomic E-state index is -1.01. The molecule has 4 aliphatic heterocycles. The summed E-state index contributed by atoms with van der Waals surface area (Å²) in [4.78, 5) is 48.9. The quantitative estimate of drug-likeness (QED) is 0.416. The maximum atomic E-state index is 14.8. The fourth-order valence-electron chi connectivity index (χ4n) is 7.13. The number of fused-ring (bicyclic) bond motifs is 2. The number of benzene rings is 3. The number of nitrogens with zero attached hydrogens (tertiary/aromatic N) is 3. The lowest BCUT2D eigenvalue weighted by Gasteiger charge is -2.38. The number of halogens is 1. The van der Waals surface area contributed by atoms with Gasteiger partial charge < -0.3 is 19.8 Å². The molecule has 3 aromatic carbocycles. The first-order valence-electron chi connectivity index (χ1n) is 14.4. The van der Waals surface area contributed by atoms with E-state index in [4.69, 9.17) is 11.6 Å². The van der Waals surface area contributed by atoms with E-state index < -0.39 is 28.7 Å². The number of aliphatic hydroxyl groups is 1. The summed E-state index contributed by atoms with van der Waals surface area (Å²) in [6.07, 6.45) is 7.94. The highest BCUT2D eigenvalue weighted by Crippen LogP contribution is 2.62. The van der Waals surface area contributed by atoms with E-state index in [1.807, 2.05) is 85.0 Å². The van der Waals surface area contributed by atoms with Crippen molar-refractivity contribution < 1.29 is 19.5 Å². The molecule has 3 aromatic rings. The van der Waals surface area contributed by atoms with Gasteiger partial charge in [0.1, 0.15) is 6.04 Å². The maximum absolute atomic E-state index is 14.8. The van der Waals surface area contributed by atoms with Gasteiger partial charge in [0.05, 0.1) is 29.2 Å². The summed E-state index contributed by atoms with van der Waals surface area (Å²) in [5, 5.41) is 11.0. The van der Waals surface area contributed by atoms with Crippen molar-refractivity contribution in [2.45, 2.75) is 22.1 Å². The zero-order valence-electron chi connectivity index (χ0n) is 23.2. The number of carbonyl (C=O) groups is 3. The predicted molar refractivity (Wildman–Crippen MR) is 169 cm³/mol. The molecule has 7 rings (SSSR count). The Morgan fingerprint density at radius 1 is 0.814 bits per heavy atom. The highest BCUT2D eigenvalue weighted by atomic mass is 35.5. The zero-order valence-corrected chi connectivity index (χ0v) is 24.8. The molecule has 2 saturated heterocycles. The highest BCUT2D eigenvalue weighted by Gasteiger charge is 2.72. The lowest BCUT2D eigenvalue weighted by molar-refractivity contribution is -0.141. The topological polar surface area (TPSA) is 81.2 Å². The third kappa shape index (κ3) is 4.42. The van der Waals surface area contributed by atoms with Gasteiger partial charge >= 0.3 is 0 Å². The molecule has 2 fully saturated rings. The number of rotatable bonds is 5. The molecule has 1 spiro atoms. The summed E-state index contributed by atoms with van der Waals surface area (Å²) in [6.45, 7) is 0.341. The minimum Gasteiger partial charge on any atom is -0.394 e. The molecule has 6 atom stereocenters. The number of para-hydroxylation sites is 1. The van der Waals surface area contributed by atoms with E-state index in [2.05, 4.69) is 0 Å². The fourth-order valence-corrected chi connectivity index (χ4v) is 9.25. The second kappa shape index (κ2) is 11.0. The summed E-state index contributed by atoms with van der Waals surface area (Å²) in [5.74, 6) is -2.15. The third-order valence-corrected chi connectivity index (χ3v) is 11.0. The first-order valence-corrected chi connectivity index (χ1v) is 15.6. The van der Waals surface area contributed by atoms with Crippen LogP contribution in [0.4, 0.5) is 11.4 Å². The van der Waals surface area contributed by atoms with Crippen molar-refractivity contribution in [1.29, 1.82) is 0 Å². The smallest absolute Gasteiger partial charge is 0.251 e. The molecule has 0 radical (unpaired) electrons. The molecule has 3 amide bonds. The Morgan fingerprint density at radius 3 is 2.14 bits per heavy atom. The van der Waals surface area contributed by atoms with Crippen molar-refractivity contribution in [2.75, 3.05) is 29.5 Å². The van der Waals surface area contributed by atoms with Crippen LogP contribution >= 0.6 is 23.4 Å². The predicted octanol–water partition coefficient (Wildman–Crippen LogP) is 4.88. The van der Waals surface area contributed by atoms with Crippen molar-refractivity contribution in [3.8, 4) is 0 Å².